The van der Waals surface area contributed by atoms with Crippen LogP contribution >= 0.6 is 11.8 Å². The molecule has 7 heteroatoms. The fourth-order valence-electron chi connectivity index (χ4n) is 1.16. The summed E-state index contributed by atoms with van der Waals surface area (Å²) in [6, 6.07) is 1.84. The number of nitrogens with one attached hydrogen (secondary N) is 1. The van der Waals surface area contributed by atoms with Crippen molar-refractivity contribution in [2.45, 2.75) is 18.5 Å². The lowest BCUT2D eigenvalue weighted by Crippen LogP contribution is -2.21. The van der Waals surface area contributed by atoms with E-state index >= 15 is 0 Å². The second-order valence-electron chi connectivity index (χ2n) is 3.17. The molecule has 0 spiro atoms. The first-order chi connectivity index (χ1) is 7.58. The maximum absolute atomic E-state index is 11.7. The third kappa shape index (κ3) is 6.73. The van der Waals surface area contributed by atoms with Gasteiger partial charge in [0.15, 0.2) is 0 Å². The third-order valence-corrected chi connectivity index (χ3v) is 2.58. The second kappa shape index (κ2) is 6.80. The summed E-state index contributed by atoms with van der Waals surface area (Å²) < 4.78 is 37.0. The first kappa shape index (κ1) is 13.4. The molecular formula is C9H14F3N3S. The Morgan fingerprint density at radius 2 is 2.12 bits per heavy atom. The quantitative estimate of drug-likeness (QED) is 0.755. The van der Waals surface area contributed by atoms with E-state index in [0.29, 0.717) is 13.1 Å². The Labute approximate surface area is 96.4 Å². The van der Waals surface area contributed by atoms with Crippen molar-refractivity contribution in [2.24, 2.45) is 0 Å². The molecule has 3 nitrogen and oxygen atoms in total. The van der Waals surface area contributed by atoms with E-state index in [1.807, 2.05) is 12.3 Å². The van der Waals surface area contributed by atoms with Gasteiger partial charge >= 0.3 is 5.51 Å². The number of alkyl halides is 3. The number of aryl methyl sites for hydroxylation is 1. The number of nitrogens with zero attached hydrogens (tertiary/aromatic N) is 2. The molecule has 0 bridgehead atoms. The number of aromatic nitrogens is 2. The normalized spacial score (nSPS) is 11.9. The largest absolute Gasteiger partial charge is 0.441 e. The summed E-state index contributed by atoms with van der Waals surface area (Å²) in [5.74, 6) is 0.0608. The summed E-state index contributed by atoms with van der Waals surface area (Å²) in [5, 5.41) is 6.98. The lowest BCUT2D eigenvalue weighted by Gasteiger charge is -2.06. The van der Waals surface area contributed by atoms with Crippen LogP contribution in [0, 0.1) is 0 Å². The number of hydrogen-bond donors (Lipinski definition) is 1. The van der Waals surface area contributed by atoms with Gasteiger partial charge in [0.2, 0.25) is 0 Å². The van der Waals surface area contributed by atoms with Crippen LogP contribution in [0.5, 0.6) is 0 Å². The molecule has 0 aliphatic rings. The minimum atomic E-state index is -4.11. The maximum atomic E-state index is 11.7. The molecule has 1 heterocycles. The smallest absolute Gasteiger partial charge is 0.316 e. The van der Waals surface area contributed by atoms with E-state index in [1.54, 1.807) is 10.9 Å². The standard InChI is InChI=1S/C9H14F3N3S/c10-9(11,12)16-8-5-13-3-1-6-15-7-2-4-14-15/h2,4,7,13H,1,3,5-6,8H2. The zero-order chi connectivity index (χ0) is 11.9. The fraction of sp³-hybridized carbons (Fsp3) is 0.667. The van der Waals surface area contributed by atoms with Crippen molar-refractivity contribution in [3.8, 4) is 0 Å². The summed E-state index contributed by atoms with van der Waals surface area (Å²) in [6.07, 6.45) is 4.42. The molecule has 0 saturated carbocycles. The molecule has 0 aliphatic carbocycles. The Morgan fingerprint density at radius 1 is 1.31 bits per heavy atom. The summed E-state index contributed by atoms with van der Waals surface area (Å²) in [7, 11) is 0. The molecule has 0 saturated heterocycles. The molecule has 92 valence electrons. The predicted molar refractivity (Wildman–Crippen MR) is 58.2 cm³/mol. The van der Waals surface area contributed by atoms with Crippen LogP contribution in [0.4, 0.5) is 13.2 Å². The molecule has 0 unspecified atom stereocenters. The zero-order valence-electron chi connectivity index (χ0n) is 8.70. The van der Waals surface area contributed by atoms with Crippen molar-refractivity contribution in [3.63, 3.8) is 0 Å². The minimum Gasteiger partial charge on any atom is -0.316 e. The highest BCUT2D eigenvalue weighted by Crippen LogP contribution is 2.29. The predicted octanol–water partition coefficient (Wildman–Crippen LogP) is 2.12. The topological polar surface area (TPSA) is 29.9 Å². The molecule has 0 atom stereocenters. The molecule has 0 aliphatic heterocycles. The van der Waals surface area contributed by atoms with Gasteiger partial charge in [-0.3, -0.25) is 4.68 Å². The minimum absolute atomic E-state index is 0.00931. The number of thioether (sulfide) groups is 1. The van der Waals surface area contributed by atoms with Gasteiger partial charge in [-0.1, -0.05) is 0 Å². The highest BCUT2D eigenvalue weighted by atomic mass is 32.2. The Bertz CT molecular complexity index is 274. The van der Waals surface area contributed by atoms with E-state index < -0.39 is 5.51 Å². The van der Waals surface area contributed by atoms with E-state index in [-0.39, 0.29) is 17.5 Å². The van der Waals surface area contributed by atoms with Gasteiger partial charge in [-0.2, -0.15) is 18.3 Å². The average molecular weight is 253 g/mol. The van der Waals surface area contributed by atoms with Gasteiger partial charge < -0.3 is 5.32 Å². The van der Waals surface area contributed by atoms with Crippen molar-refractivity contribution in [2.75, 3.05) is 18.8 Å². The average Bonchev–Trinajstić information content (AvgIpc) is 2.67. The van der Waals surface area contributed by atoms with E-state index in [4.69, 9.17) is 0 Å². The third-order valence-electron chi connectivity index (χ3n) is 1.84. The van der Waals surface area contributed by atoms with Crippen molar-refractivity contribution >= 4 is 11.8 Å². The number of hydrogen-bond acceptors (Lipinski definition) is 3. The molecule has 1 aromatic rings. The maximum Gasteiger partial charge on any atom is 0.441 e. The van der Waals surface area contributed by atoms with Gasteiger partial charge in [-0.05, 0) is 30.8 Å². The first-order valence-corrected chi connectivity index (χ1v) is 5.95. The SMILES string of the molecule is FC(F)(F)SCCNCCCn1cccn1. The van der Waals surface area contributed by atoms with Gasteiger partial charge in [-0.15, -0.1) is 0 Å². The van der Waals surface area contributed by atoms with E-state index in [1.165, 1.54) is 0 Å². The summed E-state index contributed by atoms with van der Waals surface area (Å²) in [5.41, 5.74) is -4.11. The monoisotopic (exact) mass is 253 g/mol. The van der Waals surface area contributed by atoms with Crippen LogP contribution in [0.25, 0.3) is 0 Å². The van der Waals surface area contributed by atoms with Crippen molar-refractivity contribution in [1.82, 2.24) is 15.1 Å². The van der Waals surface area contributed by atoms with Crippen LogP contribution in [-0.4, -0.2) is 34.1 Å². The van der Waals surface area contributed by atoms with Crippen molar-refractivity contribution in [1.29, 1.82) is 0 Å². The van der Waals surface area contributed by atoms with E-state index in [0.717, 1.165) is 13.0 Å². The molecule has 1 rings (SSSR count). The van der Waals surface area contributed by atoms with Gasteiger partial charge in [0.1, 0.15) is 0 Å². The summed E-state index contributed by atoms with van der Waals surface area (Å²) >= 11 is 0.00931. The molecule has 16 heavy (non-hydrogen) atoms. The molecule has 0 radical (unpaired) electrons. The van der Waals surface area contributed by atoms with E-state index in [2.05, 4.69) is 10.4 Å². The van der Waals surface area contributed by atoms with Crippen LogP contribution in [0.2, 0.25) is 0 Å². The number of rotatable bonds is 7. The van der Waals surface area contributed by atoms with Crippen molar-refractivity contribution < 1.29 is 13.2 Å². The fourth-order valence-corrected chi connectivity index (χ4v) is 1.64. The second-order valence-corrected chi connectivity index (χ2v) is 4.33. The number of halogens is 3. The first-order valence-electron chi connectivity index (χ1n) is 4.97. The molecule has 0 amide bonds. The van der Waals surface area contributed by atoms with Crippen LogP contribution < -0.4 is 5.32 Å². The van der Waals surface area contributed by atoms with Gasteiger partial charge in [0.25, 0.3) is 0 Å². The van der Waals surface area contributed by atoms with Crippen molar-refractivity contribution in [3.05, 3.63) is 18.5 Å². The summed E-state index contributed by atoms with van der Waals surface area (Å²) in [6.45, 7) is 1.87. The lowest BCUT2D eigenvalue weighted by atomic mass is 10.4. The van der Waals surface area contributed by atoms with E-state index in [9.17, 15) is 13.2 Å². The molecule has 0 fully saturated rings. The molecule has 1 N–H and O–H groups in total. The Hall–Kier alpha value is -0.690. The Balaban J connectivity index is 1.89. The van der Waals surface area contributed by atoms with Gasteiger partial charge in [0, 0.05) is 31.2 Å². The van der Waals surface area contributed by atoms with Crippen LogP contribution in [0.1, 0.15) is 6.42 Å². The Kier molecular flexibility index (Phi) is 5.68. The van der Waals surface area contributed by atoms with Gasteiger partial charge in [-0.25, -0.2) is 0 Å². The highest BCUT2D eigenvalue weighted by Gasteiger charge is 2.27. The summed E-state index contributed by atoms with van der Waals surface area (Å²) in [4.78, 5) is 0. The van der Waals surface area contributed by atoms with Crippen LogP contribution in [0.15, 0.2) is 18.5 Å². The lowest BCUT2D eigenvalue weighted by molar-refractivity contribution is -0.0327. The molecule has 1 aromatic heterocycles. The van der Waals surface area contributed by atoms with Crippen LogP contribution in [0.3, 0.4) is 0 Å². The molecular weight excluding hydrogens is 239 g/mol. The van der Waals surface area contributed by atoms with Gasteiger partial charge in [0.05, 0.1) is 0 Å². The van der Waals surface area contributed by atoms with Crippen LogP contribution in [-0.2, 0) is 6.54 Å². The molecule has 0 aromatic carbocycles. The highest BCUT2D eigenvalue weighted by molar-refractivity contribution is 8.00. The Morgan fingerprint density at radius 3 is 2.75 bits per heavy atom. The zero-order valence-corrected chi connectivity index (χ0v) is 9.52.